The second-order valence-electron chi connectivity index (χ2n) is 22.3. The summed E-state index contributed by atoms with van der Waals surface area (Å²) in [6.45, 7) is 6.48. The third-order valence-electron chi connectivity index (χ3n) is 14.4. The molecule has 1 unspecified atom stereocenters. The van der Waals surface area contributed by atoms with Crippen molar-refractivity contribution in [2.45, 2.75) is 316 Å². The van der Waals surface area contributed by atoms with E-state index in [-0.39, 0.29) is 31.1 Å². The van der Waals surface area contributed by atoms with Crippen molar-refractivity contribution in [3.63, 3.8) is 0 Å². The van der Waals surface area contributed by atoms with Gasteiger partial charge in [-0.15, -0.1) is 0 Å². The number of ether oxygens (including phenoxy) is 3. The summed E-state index contributed by atoms with van der Waals surface area (Å²) in [4.78, 5) is 38.4. The first-order valence-electron chi connectivity index (χ1n) is 34.2. The average Bonchev–Trinajstić information content (AvgIpc) is 3.47. The van der Waals surface area contributed by atoms with Crippen LogP contribution in [0.25, 0.3) is 0 Å². The van der Waals surface area contributed by atoms with Crippen molar-refractivity contribution in [1.29, 1.82) is 0 Å². The highest BCUT2D eigenvalue weighted by Gasteiger charge is 2.19. The van der Waals surface area contributed by atoms with E-state index in [9.17, 15) is 14.4 Å². The summed E-state index contributed by atoms with van der Waals surface area (Å²) in [5.41, 5.74) is 0. The van der Waals surface area contributed by atoms with E-state index in [0.717, 1.165) is 148 Å². The van der Waals surface area contributed by atoms with Crippen molar-refractivity contribution in [1.82, 2.24) is 0 Å². The molecule has 466 valence electrons. The second kappa shape index (κ2) is 69.0. The van der Waals surface area contributed by atoms with Crippen molar-refractivity contribution in [3.8, 4) is 0 Å². The Bertz CT molecular complexity index is 1730. The minimum Gasteiger partial charge on any atom is -0.462 e. The summed E-state index contributed by atoms with van der Waals surface area (Å²) in [5.74, 6) is -0.913. The molecule has 0 rings (SSSR count). The van der Waals surface area contributed by atoms with Crippen LogP contribution in [0.3, 0.4) is 0 Å². The molecule has 6 nitrogen and oxygen atoms in total. The molecule has 0 N–H and O–H groups in total. The maximum absolute atomic E-state index is 12.9. The molecule has 0 fully saturated rings. The lowest BCUT2D eigenvalue weighted by Gasteiger charge is -2.18. The summed E-state index contributed by atoms with van der Waals surface area (Å²) in [6.07, 6.45) is 97.4. The topological polar surface area (TPSA) is 78.9 Å². The molecule has 0 spiro atoms. The van der Waals surface area contributed by atoms with Crippen LogP contribution in [0.5, 0.6) is 0 Å². The quantitative estimate of drug-likeness (QED) is 0.0261. The predicted octanol–water partition coefficient (Wildman–Crippen LogP) is 23.7. The Hall–Kier alpha value is -4.45. The Labute approximate surface area is 506 Å². The molecule has 0 saturated carbocycles. The van der Waals surface area contributed by atoms with Crippen molar-refractivity contribution in [2.75, 3.05) is 13.2 Å². The molecule has 0 amide bonds. The second-order valence-corrected chi connectivity index (χ2v) is 22.3. The fraction of sp³-hybridized carbons (Fsp3) is 0.671. The van der Waals surface area contributed by atoms with E-state index >= 15 is 0 Å². The molecule has 1 atom stereocenters. The Balaban J connectivity index is 4.35. The van der Waals surface area contributed by atoms with Gasteiger partial charge in [0.2, 0.25) is 0 Å². The monoisotopic (exact) mass is 1130 g/mol. The van der Waals surface area contributed by atoms with Gasteiger partial charge in [-0.1, -0.05) is 283 Å². The average molecular weight is 1140 g/mol. The number of hydrogen-bond donors (Lipinski definition) is 0. The number of carbonyl (C=O) groups excluding carboxylic acids is 3. The predicted molar refractivity (Wildman–Crippen MR) is 357 cm³/mol. The highest BCUT2D eigenvalue weighted by atomic mass is 16.6. The van der Waals surface area contributed by atoms with Crippen LogP contribution >= 0.6 is 0 Å². The summed E-state index contributed by atoms with van der Waals surface area (Å²) < 4.78 is 16.9. The fourth-order valence-corrected chi connectivity index (χ4v) is 9.25. The normalized spacial score (nSPS) is 13.0. The van der Waals surface area contributed by atoms with Crippen molar-refractivity contribution in [2.24, 2.45) is 0 Å². The molecule has 0 aromatic heterocycles. The van der Waals surface area contributed by atoms with Crippen molar-refractivity contribution >= 4 is 17.9 Å². The minimum atomic E-state index is -0.796. The van der Waals surface area contributed by atoms with E-state index in [1.807, 2.05) is 0 Å². The third-order valence-corrected chi connectivity index (χ3v) is 14.4. The smallest absolute Gasteiger partial charge is 0.306 e. The van der Waals surface area contributed by atoms with Crippen LogP contribution in [0, 0.1) is 0 Å². The van der Waals surface area contributed by atoms with Gasteiger partial charge in [0, 0.05) is 19.3 Å². The summed E-state index contributed by atoms with van der Waals surface area (Å²) in [5, 5.41) is 0. The van der Waals surface area contributed by atoms with Crippen LogP contribution in [0.2, 0.25) is 0 Å². The van der Waals surface area contributed by atoms with Crippen LogP contribution in [0.4, 0.5) is 0 Å². The van der Waals surface area contributed by atoms with E-state index in [4.69, 9.17) is 14.2 Å². The lowest BCUT2D eigenvalue weighted by molar-refractivity contribution is -0.167. The van der Waals surface area contributed by atoms with Crippen molar-refractivity contribution in [3.05, 3.63) is 134 Å². The van der Waals surface area contributed by atoms with Gasteiger partial charge >= 0.3 is 17.9 Å². The number of hydrogen-bond acceptors (Lipinski definition) is 6. The molecular weight excluding hydrogens is 1010 g/mol. The molecule has 0 bridgehead atoms. The zero-order chi connectivity index (χ0) is 59.2. The number of rotatable bonds is 61. The van der Waals surface area contributed by atoms with Gasteiger partial charge in [-0.25, -0.2) is 0 Å². The largest absolute Gasteiger partial charge is 0.462 e. The SMILES string of the molecule is CC/C=C\C/C=C\C/C=C\C/C=C\C/C=C\C/C=C\C/C=C\CCCCCCCCCCCC(=O)OCC(COC(=O)CCCCCCC/C=C\C/C=C\CCCCC)OC(=O)CCCCCCCCC/C=C\C/C=C\CCCCCC. The van der Waals surface area contributed by atoms with Gasteiger partial charge in [0.1, 0.15) is 13.2 Å². The van der Waals surface area contributed by atoms with Crippen LogP contribution < -0.4 is 0 Å². The molecule has 0 aromatic rings. The van der Waals surface area contributed by atoms with Gasteiger partial charge < -0.3 is 14.2 Å². The zero-order valence-corrected chi connectivity index (χ0v) is 53.5. The summed E-state index contributed by atoms with van der Waals surface area (Å²) in [6, 6.07) is 0. The molecule has 0 saturated heterocycles. The van der Waals surface area contributed by atoms with Gasteiger partial charge in [0.15, 0.2) is 6.10 Å². The standard InChI is InChI=1S/C76H126O6/c1-4-7-10-13-16-19-22-25-28-30-32-33-34-35-36-37-38-39-40-41-42-43-44-46-48-51-54-57-60-63-66-69-75(78)81-72-73(71-80-74(77)68-65-62-59-56-53-50-47-27-24-21-18-15-12-9-6-3)82-76(79)70-67-64-61-58-55-52-49-45-31-29-26-23-20-17-14-11-8-5-2/h7,10,16,18-21,23,25,27-29,31-33,35-36,38-39,41-42,47,73H,4-6,8-9,11-15,17,22,24,26,30,34,37,40,43-46,48-72H2,1-3H3/b10-7-,19-16-,21-18-,23-20-,28-25-,31-29-,33-32-,36-35-,39-38-,42-41-,47-27-. The van der Waals surface area contributed by atoms with E-state index in [1.165, 1.54) is 122 Å². The Morgan fingerprint density at radius 2 is 0.476 bits per heavy atom. The number of carbonyl (C=O) groups is 3. The first kappa shape index (κ1) is 77.5. The molecule has 0 radical (unpaired) electrons. The zero-order valence-electron chi connectivity index (χ0n) is 53.5. The van der Waals surface area contributed by atoms with Crippen LogP contribution in [-0.2, 0) is 28.6 Å². The maximum atomic E-state index is 12.9. The Kier molecular flexibility index (Phi) is 65.3. The first-order valence-corrected chi connectivity index (χ1v) is 34.2. The van der Waals surface area contributed by atoms with Crippen molar-refractivity contribution < 1.29 is 28.6 Å². The van der Waals surface area contributed by atoms with E-state index < -0.39 is 6.10 Å². The summed E-state index contributed by atoms with van der Waals surface area (Å²) in [7, 11) is 0. The molecule has 0 aliphatic rings. The molecule has 0 aliphatic carbocycles. The molecule has 6 heteroatoms. The van der Waals surface area contributed by atoms with E-state index in [0.29, 0.717) is 19.3 Å². The van der Waals surface area contributed by atoms with Crippen LogP contribution in [0.15, 0.2) is 134 Å². The first-order chi connectivity index (χ1) is 40.5. The fourth-order valence-electron chi connectivity index (χ4n) is 9.25. The Morgan fingerprint density at radius 1 is 0.256 bits per heavy atom. The van der Waals surface area contributed by atoms with E-state index in [2.05, 4.69) is 154 Å². The molecule has 0 aliphatic heterocycles. The highest BCUT2D eigenvalue weighted by molar-refractivity contribution is 5.71. The van der Waals surface area contributed by atoms with Gasteiger partial charge in [0.25, 0.3) is 0 Å². The lowest BCUT2D eigenvalue weighted by Crippen LogP contribution is -2.30. The van der Waals surface area contributed by atoms with Crippen LogP contribution in [-0.4, -0.2) is 37.2 Å². The summed E-state index contributed by atoms with van der Waals surface area (Å²) >= 11 is 0. The Morgan fingerprint density at radius 3 is 0.768 bits per heavy atom. The van der Waals surface area contributed by atoms with Crippen LogP contribution in [0.1, 0.15) is 310 Å². The molecule has 0 aromatic carbocycles. The third kappa shape index (κ3) is 66.4. The lowest BCUT2D eigenvalue weighted by atomic mass is 10.1. The van der Waals surface area contributed by atoms with E-state index in [1.54, 1.807) is 0 Å². The number of esters is 3. The molecule has 82 heavy (non-hydrogen) atoms. The van der Waals surface area contributed by atoms with Gasteiger partial charge in [-0.2, -0.15) is 0 Å². The number of unbranched alkanes of at least 4 members (excludes halogenated alkanes) is 28. The number of allylic oxidation sites excluding steroid dienone is 22. The van der Waals surface area contributed by atoms with Gasteiger partial charge in [0.05, 0.1) is 0 Å². The highest BCUT2D eigenvalue weighted by Crippen LogP contribution is 2.15. The van der Waals surface area contributed by atoms with Gasteiger partial charge in [-0.3, -0.25) is 14.4 Å². The molecular formula is C76H126O6. The minimum absolute atomic E-state index is 0.0914. The maximum Gasteiger partial charge on any atom is 0.306 e. The van der Waals surface area contributed by atoms with Gasteiger partial charge in [-0.05, 0) is 141 Å². The molecule has 0 heterocycles.